The molecule has 5 heteroatoms. The number of hydrogen-bond donors (Lipinski definition) is 2. The highest BCUT2D eigenvalue weighted by molar-refractivity contribution is 7.99. The average molecular weight is 266 g/mol. The van der Waals surface area contributed by atoms with Crippen molar-refractivity contribution in [3.63, 3.8) is 0 Å². The highest BCUT2D eigenvalue weighted by Crippen LogP contribution is 2.28. The van der Waals surface area contributed by atoms with Crippen LogP contribution in [0.2, 0.25) is 0 Å². The summed E-state index contributed by atoms with van der Waals surface area (Å²) in [5, 5.41) is 3.23. The van der Waals surface area contributed by atoms with Crippen molar-refractivity contribution < 1.29 is 9.53 Å². The summed E-state index contributed by atoms with van der Waals surface area (Å²) in [4.78, 5) is 11.5. The molecule has 3 N–H and O–H groups in total. The summed E-state index contributed by atoms with van der Waals surface area (Å²) in [7, 11) is 1.63. The fourth-order valence-electron chi connectivity index (χ4n) is 2.10. The predicted molar refractivity (Wildman–Crippen MR) is 75.0 cm³/mol. The normalized spacial score (nSPS) is 20.4. The minimum absolute atomic E-state index is 0.279. The van der Waals surface area contributed by atoms with Crippen molar-refractivity contribution in [1.82, 2.24) is 0 Å². The van der Waals surface area contributed by atoms with Gasteiger partial charge in [-0.1, -0.05) is 0 Å². The van der Waals surface area contributed by atoms with E-state index in [0.29, 0.717) is 5.92 Å². The van der Waals surface area contributed by atoms with Gasteiger partial charge in [-0.25, -0.2) is 0 Å². The third-order valence-electron chi connectivity index (χ3n) is 3.16. The maximum atomic E-state index is 11.5. The third kappa shape index (κ3) is 3.10. The molecule has 1 fully saturated rings. The summed E-state index contributed by atoms with van der Waals surface area (Å²) in [5.74, 6) is 2.95. The summed E-state index contributed by atoms with van der Waals surface area (Å²) < 4.78 is 5.10. The molecule has 2 unspecified atom stereocenters. The maximum absolute atomic E-state index is 11.5. The smallest absolute Gasteiger partial charge is 0.240 e. The zero-order valence-electron chi connectivity index (χ0n) is 10.4. The van der Waals surface area contributed by atoms with E-state index in [1.807, 2.05) is 36.0 Å². The number of primary amides is 1. The Bertz CT molecular complexity index is 402. The van der Waals surface area contributed by atoms with Gasteiger partial charge in [-0.2, -0.15) is 11.8 Å². The highest BCUT2D eigenvalue weighted by atomic mass is 32.2. The van der Waals surface area contributed by atoms with E-state index >= 15 is 0 Å². The minimum atomic E-state index is -0.284. The highest BCUT2D eigenvalue weighted by Gasteiger charge is 2.29. The number of anilines is 1. The van der Waals surface area contributed by atoms with Crippen molar-refractivity contribution in [1.29, 1.82) is 0 Å². The molecule has 18 heavy (non-hydrogen) atoms. The Morgan fingerprint density at radius 2 is 2.22 bits per heavy atom. The van der Waals surface area contributed by atoms with Gasteiger partial charge in [0.15, 0.2) is 0 Å². The lowest BCUT2D eigenvalue weighted by molar-refractivity contribution is -0.119. The second kappa shape index (κ2) is 6.00. The number of benzene rings is 1. The summed E-state index contributed by atoms with van der Waals surface area (Å²) >= 11 is 1.88. The standard InChI is InChI=1S/C13H18N2O2S/c1-17-11-4-2-10(3-5-11)15-12(13(14)16)9-6-7-18-8-9/h2-5,9,12,15H,6-8H2,1H3,(H2,14,16). The molecule has 1 aromatic carbocycles. The topological polar surface area (TPSA) is 64.3 Å². The molecule has 2 rings (SSSR count). The van der Waals surface area contributed by atoms with Gasteiger partial charge in [-0.05, 0) is 48.1 Å². The van der Waals surface area contributed by atoms with Crippen LogP contribution in [0.4, 0.5) is 5.69 Å². The Labute approximate surface area is 111 Å². The average Bonchev–Trinajstić information content (AvgIpc) is 2.90. The number of thioether (sulfide) groups is 1. The fourth-order valence-corrected chi connectivity index (χ4v) is 3.40. The van der Waals surface area contributed by atoms with Gasteiger partial charge in [0.25, 0.3) is 0 Å². The molecule has 98 valence electrons. The zero-order valence-corrected chi connectivity index (χ0v) is 11.2. The molecule has 1 saturated heterocycles. The maximum Gasteiger partial charge on any atom is 0.240 e. The molecular formula is C13H18N2O2S. The van der Waals surface area contributed by atoms with Crippen LogP contribution in [0.3, 0.4) is 0 Å². The first kappa shape index (κ1) is 13.1. The second-order valence-electron chi connectivity index (χ2n) is 4.38. The Balaban J connectivity index is 2.05. The van der Waals surface area contributed by atoms with Gasteiger partial charge in [-0.15, -0.1) is 0 Å². The quantitative estimate of drug-likeness (QED) is 0.851. The van der Waals surface area contributed by atoms with Crippen LogP contribution < -0.4 is 15.8 Å². The van der Waals surface area contributed by atoms with Gasteiger partial charge < -0.3 is 15.8 Å². The van der Waals surface area contributed by atoms with Crippen LogP contribution in [0.25, 0.3) is 0 Å². The first-order valence-electron chi connectivity index (χ1n) is 5.98. The van der Waals surface area contributed by atoms with Crippen molar-refractivity contribution in [3.05, 3.63) is 24.3 Å². The lowest BCUT2D eigenvalue weighted by atomic mass is 9.98. The Morgan fingerprint density at radius 1 is 1.50 bits per heavy atom. The molecule has 1 aliphatic heterocycles. The van der Waals surface area contributed by atoms with Crippen LogP contribution in [0.5, 0.6) is 5.75 Å². The monoisotopic (exact) mass is 266 g/mol. The van der Waals surface area contributed by atoms with Gasteiger partial charge in [0.1, 0.15) is 11.8 Å². The van der Waals surface area contributed by atoms with E-state index in [9.17, 15) is 4.79 Å². The van der Waals surface area contributed by atoms with Crippen LogP contribution in [-0.2, 0) is 4.79 Å². The first-order chi connectivity index (χ1) is 8.70. The molecule has 1 heterocycles. The number of carbonyl (C=O) groups is 1. The van der Waals surface area contributed by atoms with E-state index in [0.717, 1.165) is 29.4 Å². The first-order valence-corrected chi connectivity index (χ1v) is 7.14. The van der Waals surface area contributed by atoms with Gasteiger partial charge >= 0.3 is 0 Å². The van der Waals surface area contributed by atoms with Gasteiger partial charge in [0, 0.05) is 5.69 Å². The van der Waals surface area contributed by atoms with E-state index in [2.05, 4.69) is 5.32 Å². The molecule has 1 aliphatic rings. The summed E-state index contributed by atoms with van der Waals surface area (Å²) in [6.07, 6.45) is 1.04. The number of methoxy groups -OCH3 is 1. The van der Waals surface area contributed by atoms with Crippen LogP contribution in [0, 0.1) is 5.92 Å². The van der Waals surface area contributed by atoms with Crippen LogP contribution in [-0.4, -0.2) is 30.6 Å². The molecule has 1 amide bonds. The molecule has 0 aliphatic carbocycles. The van der Waals surface area contributed by atoms with Crippen molar-refractivity contribution in [2.45, 2.75) is 12.5 Å². The lowest BCUT2D eigenvalue weighted by Gasteiger charge is -2.22. The van der Waals surface area contributed by atoms with Gasteiger partial charge in [-0.3, -0.25) is 4.79 Å². The number of rotatable bonds is 5. The van der Waals surface area contributed by atoms with Crippen LogP contribution in [0.15, 0.2) is 24.3 Å². The number of amides is 1. The van der Waals surface area contributed by atoms with E-state index in [4.69, 9.17) is 10.5 Å². The van der Waals surface area contributed by atoms with Crippen molar-refractivity contribution in [2.24, 2.45) is 11.7 Å². The molecule has 0 spiro atoms. The largest absolute Gasteiger partial charge is 0.497 e. The number of nitrogens with two attached hydrogens (primary N) is 1. The second-order valence-corrected chi connectivity index (χ2v) is 5.53. The number of nitrogens with one attached hydrogen (secondary N) is 1. The van der Waals surface area contributed by atoms with Crippen LogP contribution >= 0.6 is 11.8 Å². The SMILES string of the molecule is COc1ccc(NC(C(N)=O)C2CCSC2)cc1. The summed E-state index contributed by atoms with van der Waals surface area (Å²) in [6, 6.07) is 7.25. The Kier molecular flexibility index (Phi) is 4.36. The lowest BCUT2D eigenvalue weighted by Crippen LogP contribution is -2.41. The number of carbonyl (C=O) groups excluding carboxylic acids is 1. The van der Waals surface area contributed by atoms with Gasteiger partial charge in [0.2, 0.25) is 5.91 Å². The molecule has 4 nitrogen and oxygen atoms in total. The molecule has 2 atom stereocenters. The Hall–Kier alpha value is -1.36. The van der Waals surface area contributed by atoms with E-state index in [-0.39, 0.29) is 11.9 Å². The van der Waals surface area contributed by atoms with E-state index in [1.54, 1.807) is 7.11 Å². The van der Waals surface area contributed by atoms with Crippen LogP contribution in [0.1, 0.15) is 6.42 Å². The molecule has 0 aromatic heterocycles. The van der Waals surface area contributed by atoms with Crippen molar-refractivity contribution >= 4 is 23.4 Å². The van der Waals surface area contributed by atoms with E-state index < -0.39 is 0 Å². The fraction of sp³-hybridized carbons (Fsp3) is 0.462. The Morgan fingerprint density at radius 3 is 2.72 bits per heavy atom. The summed E-state index contributed by atoms with van der Waals surface area (Å²) in [5.41, 5.74) is 6.38. The van der Waals surface area contributed by atoms with Gasteiger partial charge in [0.05, 0.1) is 7.11 Å². The van der Waals surface area contributed by atoms with Crippen molar-refractivity contribution in [3.8, 4) is 5.75 Å². The zero-order chi connectivity index (χ0) is 13.0. The molecular weight excluding hydrogens is 248 g/mol. The van der Waals surface area contributed by atoms with E-state index in [1.165, 1.54) is 0 Å². The third-order valence-corrected chi connectivity index (χ3v) is 4.34. The predicted octanol–water partition coefficient (Wildman–Crippen LogP) is 1.71. The summed E-state index contributed by atoms with van der Waals surface area (Å²) in [6.45, 7) is 0. The molecule has 0 radical (unpaired) electrons. The number of hydrogen-bond acceptors (Lipinski definition) is 4. The number of ether oxygens (including phenoxy) is 1. The molecule has 1 aromatic rings. The molecule has 0 saturated carbocycles. The van der Waals surface area contributed by atoms with Crippen molar-refractivity contribution in [2.75, 3.05) is 23.9 Å². The molecule has 0 bridgehead atoms. The minimum Gasteiger partial charge on any atom is -0.497 e.